The van der Waals surface area contributed by atoms with Crippen molar-refractivity contribution < 1.29 is 14.3 Å². The Labute approximate surface area is 139 Å². The summed E-state index contributed by atoms with van der Waals surface area (Å²) >= 11 is 0. The highest BCUT2D eigenvalue weighted by molar-refractivity contribution is 6.02. The van der Waals surface area contributed by atoms with Crippen LogP contribution in [-0.4, -0.2) is 33.8 Å². The molecule has 1 unspecified atom stereocenters. The second-order valence-corrected chi connectivity index (χ2v) is 5.73. The van der Waals surface area contributed by atoms with E-state index < -0.39 is 12.1 Å². The van der Waals surface area contributed by atoms with Crippen molar-refractivity contribution in [2.45, 2.75) is 46.4 Å². The van der Waals surface area contributed by atoms with Gasteiger partial charge in [-0.05, 0) is 33.8 Å². The molecule has 0 bridgehead atoms. The predicted octanol–water partition coefficient (Wildman–Crippen LogP) is 1.49. The van der Waals surface area contributed by atoms with Gasteiger partial charge in [0.25, 0.3) is 11.5 Å². The first-order valence-corrected chi connectivity index (χ1v) is 7.86. The SMILES string of the molecule is CCn1nc(C(=O)OC(C)C(=O)NC(C)C)c2ccccc2c1=O. The number of amides is 1. The Morgan fingerprint density at radius 2 is 1.83 bits per heavy atom. The molecule has 0 aliphatic rings. The number of nitrogens with one attached hydrogen (secondary N) is 1. The first-order valence-electron chi connectivity index (χ1n) is 7.86. The van der Waals surface area contributed by atoms with Crippen LogP contribution < -0.4 is 10.9 Å². The molecule has 1 aromatic heterocycles. The number of carbonyl (C=O) groups excluding carboxylic acids is 2. The molecule has 2 rings (SSSR count). The van der Waals surface area contributed by atoms with Crippen LogP contribution in [0.2, 0.25) is 0 Å². The summed E-state index contributed by atoms with van der Waals surface area (Å²) in [4.78, 5) is 36.6. The molecule has 0 fully saturated rings. The number of rotatable bonds is 5. The van der Waals surface area contributed by atoms with Crippen molar-refractivity contribution in [3.05, 3.63) is 40.3 Å². The Bertz CT molecular complexity index is 826. The molecule has 0 spiro atoms. The van der Waals surface area contributed by atoms with Gasteiger partial charge in [-0.3, -0.25) is 9.59 Å². The van der Waals surface area contributed by atoms with Crippen molar-refractivity contribution in [1.82, 2.24) is 15.1 Å². The van der Waals surface area contributed by atoms with Crippen LogP contribution in [0.1, 0.15) is 38.2 Å². The van der Waals surface area contributed by atoms with Crippen molar-refractivity contribution in [2.75, 3.05) is 0 Å². The average molecular weight is 331 g/mol. The molecule has 0 saturated heterocycles. The number of hydrogen-bond acceptors (Lipinski definition) is 5. The number of esters is 1. The summed E-state index contributed by atoms with van der Waals surface area (Å²) in [5.41, 5.74) is -0.244. The third-order valence-corrected chi connectivity index (χ3v) is 3.44. The van der Waals surface area contributed by atoms with Crippen LogP contribution in [0.3, 0.4) is 0 Å². The maximum atomic E-state index is 12.5. The minimum absolute atomic E-state index is 0.0243. The fourth-order valence-corrected chi connectivity index (χ4v) is 2.27. The van der Waals surface area contributed by atoms with Gasteiger partial charge in [0.15, 0.2) is 11.8 Å². The van der Waals surface area contributed by atoms with Crippen LogP contribution in [0.25, 0.3) is 10.8 Å². The van der Waals surface area contributed by atoms with Crippen molar-refractivity contribution in [3.8, 4) is 0 Å². The molecule has 1 heterocycles. The van der Waals surface area contributed by atoms with Crippen LogP contribution in [0.15, 0.2) is 29.1 Å². The Balaban J connectivity index is 2.38. The van der Waals surface area contributed by atoms with Crippen molar-refractivity contribution in [3.63, 3.8) is 0 Å². The van der Waals surface area contributed by atoms with Crippen molar-refractivity contribution in [1.29, 1.82) is 0 Å². The number of hydrogen-bond donors (Lipinski definition) is 1. The summed E-state index contributed by atoms with van der Waals surface area (Å²) in [5, 5.41) is 7.57. The molecule has 24 heavy (non-hydrogen) atoms. The van der Waals surface area contributed by atoms with Gasteiger partial charge in [-0.1, -0.05) is 18.2 Å². The molecule has 0 radical (unpaired) electrons. The van der Waals surface area contributed by atoms with E-state index in [0.29, 0.717) is 17.3 Å². The van der Waals surface area contributed by atoms with Crippen LogP contribution in [0, 0.1) is 0 Å². The van der Waals surface area contributed by atoms with Crippen LogP contribution in [0.5, 0.6) is 0 Å². The maximum Gasteiger partial charge on any atom is 0.360 e. The summed E-state index contributed by atoms with van der Waals surface area (Å²) in [5.74, 6) is -1.12. The van der Waals surface area contributed by atoms with Gasteiger partial charge >= 0.3 is 5.97 Å². The predicted molar refractivity (Wildman–Crippen MR) is 89.8 cm³/mol. The summed E-state index contributed by atoms with van der Waals surface area (Å²) in [6.07, 6.45) is -0.956. The van der Waals surface area contributed by atoms with Crippen molar-refractivity contribution >= 4 is 22.6 Å². The highest BCUT2D eigenvalue weighted by Crippen LogP contribution is 2.15. The number of aryl methyl sites for hydroxylation is 1. The van der Waals surface area contributed by atoms with E-state index in [1.165, 1.54) is 11.6 Å². The molecule has 7 nitrogen and oxygen atoms in total. The summed E-state index contributed by atoms with van der Waals surface area (Å²) < 4.78 is 6.42. The van der Waals surface area contributed by atoms with E-state index in [4.69, 9.17) is 4.74 Å². The Kier molecular flexibility index (Phi) is 5.33. The fourth-order valence-electron chi connectivity index (χ4n) is 2.27. The number of ether oxygens (including phenoxy) is 1. The van der Waals surface area contributed by atoms with Crippen LogP contribution in [-0.2, 0) is 16.1 Å². The topological polar surface area (TPSA) is 90.3 Å². The molecular weight excluding hydrogens is 310 g/mol. The van der Waals surface area contributed by atoms with Gasteiger partial charge in [0, 0.05) is 18.0 Å². The van der Waals surface area contributed by atoms with Gasteiger partial charge in [0.1, 0.15) is 0 Å². The maximum absolute atomic E-state index is 12.5. The van der Waals surface area contributed by atoms with E-state index in [9.17, 15) is 14.4 Å². The molecule has 7 heteroatoms. The van der Waals surface area contributed by atoms with E-state index in [2.05, 4.69) is 10.4 Å². The lowest BCUT2D eigenvalue weighted by molar-refractivity contribution is -0.129. The number of aromatic nitrogens is 2. The number of benzene rings is 1. The van der Waals surface area contributed by atoms with Gasteiger partial charge in [0.05, 0.1) is 5.39 Å². The third kappa shape index (κ3) is 3.61. The summed E-state index contributed by atoms with van der Waals surface area (Å²) in [6, 6.07) is 6.65. The van der Waals surface area contributed by atoms with Gasteiger partial charge < -0.3 is 10.1 Å². The Morgan fingerprint density at radius 1 is 1.21 bits per heavy atom. The van der Waals surface area contributed by atoms with E-state index >= 15 is 0 Å². The van der Waals surface area contributed by atoms with E-state index in [1.807, 2.05) is 13.8 Å². The van der Waals surface area contributed by atoms with Gasteiger partial charge in [-0.2, -0.15) is 5.10 Å². The zero-order valence-corrected chi connectivity index (χ0v) is 14.2. The van der Waals surface area contributed by atoms with E-state index in [-0.39, 0.29) is 23.2 Å². The zero-order chi connectivity index (χ0) is 17.9. The molecule has 0 saturated carbocycles. The number of fused-ring (bicyclic) bond motifs is 1. The first kappa shape index (κ1) is 17.7. The number of nitrogens with zero attached hydrogens (tertiary/aromatic N) is 2. The van der Waals surface area contributed by atoms with E-state index in [1.54, 1.807) is 31.2 Å². The minimum Gasteiger partial charge on any atom is -0.448 e. The highest BCUT2D eigenvalue weighted by Gasteiger charge is 2.23. The first-order chi connectivity index (χ1) is 11.3. The van der Waals surface area contributed by atoms with Crippen LogP contribution in [0.4, 0.5) is 0 Å². The number of carbonyl (C=O) groups is 2. The fraction of sp³-hybridized carbons (Fsp3) is 0.412. The molecular formula is C17H21N3O4. The lowest BCUT2D eigenvalue weighted by Crippen LogP contribution is -2.39. The van der Waals surface area contributed by atoms with E-state index in [0.717, 1.165) is 0 Å². The molecule has 1 N–H and O–H groups in total. The zero-order valence-electron chi connectivity index (χ0n) is 14.2. The quantitative estimate of drug-likeness (QED) is 0.838. The Morgan fingerprint density at radius 3 is 2.42 bits per heavy atom. The second-order valence-electron chi connectivity index (χ2n) is 5.73. The lowest BCUT2D eigenvalue weighted by atomic mass is 10.1. The second kappa shape index (κ2) is 7.25. The normalized spacial score (nSPS) is 12.2. The summed E-state index contributed by atoms with van der Waals surface area (Å²) in [6.45, 7) is 7.22. The summed E-state index contributed by atoms with van der Waals surface area (Å²) in [7, 11) is 0. The third-order valence-electron chi connectivity index (χ3n) is 3.44. The lowest BCUT2D eigenvalue weighted by Gasteiger charge is -2.16. The molecule has 1 atom stereocenters. The smallest absolute Gasteiger partial charge is 0.360 e. The monoisotopic (exact) mass is 331 g/mol. The molecule has 128 valence electrons. The van der Waals surface area contributed by atoms with Gasteiger partial charge in [-0.25, -0.2) is 9.48 Å². The molecule has 1 amide bonds. The highest BCUT2D eigenvalue weighted by atomic mass is 16.5. The molecule has 2 aromatic rings. The van der Waals surface area contributed by atoms with Gasteiger partial charge in [-0.15, -0.1) is 0 Å². The largest absolute Gasteiger partial charge is 0.448 e. The molecule has 1 aromatic carbocycles. The molecule has 0 aliphatic heterocycles. The molecule has 0 aliphatic carbocycles. The minimum atomic E-state index is -0.956. The average Bonchev–Trinajstić information content (AvgIpc) is 2.54. The standard InChI is InChI=1S/C17H21N3O4/c1-5-20-16(22)13-9-7-6-8-12(13)14(19-20)17(23)24-11(4)15(21)18-10(2)3/h6-11H,5H2,1-4H3,(H,18,21). The van der Waals surface area contributed by atoms with Gasteiger partial charge in [0.2, 0.25) is 0 Å². The Hall–Kier alpha value is -2.70. The van der Waals surface area contributed by atoms with Crippen molar-refractivity contribution in [2.24, 2.45) is 0 Å². The van der Waals surface area contributed by atoms with Crippen LogP contribution >= 0.6 is 0 Å².